The Labute approximate surface area is 274 Å². The number of nitrogens with two attached hydrogens (primary N) is 2. The average molecular weight is 657 g/mol. The van der Waals surface area contributed by atoms with Crippen LogP contribution in [-0.2, 0) is 10.3 Å². The summed E-state index contributed by atoms with van der Waals surface area (Å²) in [4.78, 5) is 16.7. The van der Waals surface area contributed by atoms with Crippen LogP contribution in [0.1, 0.15) is 24.8 Å². The molecule has 0 bridgehead atoms. The maximum Gasteiger partial charge on any atom is 0.165 e. The molecule has 12 heteroatoms. The third kappa shape index (κ3) is 6.08. The molecule has 1 saturated carbocycles. The van der Waals surface area contributed by atoms with Gasteiger partial charge in [0.15, 0.2) is 11.5 Å². The Morgan fingerprint density at radius 3 is 2.43 bits per heavy atom. The predicted molar refractivity (Wildman–Crippen MR) is 182 cm³/mol. The van der Waals surface area contributed by atoms with E-state index in [1.54, 1.807) is 6.20 Å². The fraction of sp³-hybridized carbons (Fsp3) is 0.281. The van der Waals surface area contributed by atoms with E-state index in [9.17, 15) is 5.11 Å². The van der Waals surface area contributed by atoms with Gasteiger partial charge in [-0.05, 0) is 73.4 Å². The molecule has 1 aliphatic heterocycles. The first-order chi connectivity index (χ1) is 20.0. The fourth-order valence-corrected chi connectivity index (χ4v) is 5.86. The van der Waals surface area contributed by atoms with Crippen LogP contribution in [0.2, 0.25) is 0 Å². The van der Waals surface area contributed by atoms with Crippen molar-refractivity contribution in [2.24, 2.45) is 5.73 Å². The maximum absolute atomic E-state index is 9.59. The van der Waals surface area contributed by atoms with Crippen molar-refractivity contribution in [3.8, 4) is 28.3 Å². The Hall–Kier alpha value is -3.44. The lowest BCUT2D eigenvalue weighted by atomic mass is 9.73. The van der Waals surface area contributed by atoms with E-state index < -0.39 is 0 Å². The van der Waals surface area contributed by atoms with Crippen molar-refractivity contribution in [2.45, 2.75) is 30.9 Å². The van der Waals surface area contributed by atoms with Gasteiger partial charge < -0.3 is 26.2 Å². The van der Waals surface area contributed by atoms with Gasteiger partial charge in [-0.1, -0.05) is 24.3 Å². The van der Waals surface area contributed by atoms with Crippen molar-refractivity contribution < 1.29 is 9.84 Å². The van der Waals surface area contributed by atoms with Crippen molar-refractivity contribution in [3.05, 3.63) is 84.6 Å². The molecule has 0 radical (unpaired) electrons. The average Bonchev–Trinajstić information content (AvgIpc) is 3.39. The zero-order chi connectivity index (χ0) is 28.0. The smallest absolute Gasteiger partial charge is 0.165 e. The second kappa shape index (κ2) is 13.7. The largest absolute Gasteiger partial charge is 0.394 e. The molecule has 9 nitrogen and oxygen atoms in total. The van der Waals surface area contributed by atoms with Gasteiger partial charge in [-0.25, -0.2) is 15.0 Å². The number of pyridine rings is 2. The van der Waals surface area contributed by atoms with Gasteiger partial charge in [-0.2, -0.15) is 0 Å². The quantitative estimate of drug-likeness (QED) is 0.218. The molecule has 3 aromatic heterocycles. The van der Waals surface area contributed by atoms with Gasteiger partial charge in [0.25, 0.3) is 0 Å². The van der Waals surface area contributed by atoms with Crippen LogP contribution in [0.25, 0.3) is 39.5 Å². The number of hydrogen-bond acceptors (Lipinski definition) is 8. The Bertz CT molecular complexity index is 1730. The molecule has 44 heavy (non-hydrogen) atoms. The molecule has 5 aromatic rings. The van der Waals surface area contributed by atoms with E-state index in [1.165, 1.54) is 0 Å². The molecule has 5 N–H and O–H groups in total. The molecule has 2 aromatic carbocycles. The number of benzene rings is 2. The van der Waals surface area contributed by atoms with Gasteiger partial charge in [0, 0.05) is 41.8 Å². The van der Waals surface area contributed by atoms with Crippen LogP contribution in [0, 0.1) is 0 Å². The molecule has 0 spiro atoms. The highest BCUT2D eigenvalue weighted by atomic mass is 35.5. The third-order valence-corrected chi connectivity index (χ3v) is 8.38. The van der Waals surface area contributed by atoms with Crippen molar-refractivity contribution >= 4 is 59.9 Å². The topological polar surface area (TPSA) is 128 Å². The summed E-state index contributed by atoms with van der Waals surface area (Å²) < 4.78 is 7.70. The molecule has 2 aliphatic rings. The lowest BCUT2D eigenvalue weighted by molar-refractivity contribution is 0.00357. The molecular formula is C32H36Cl3N7O2. The Kier molecular flexibility index (Phi) is 10.4. The monoisotopic (exact) mass is 655 g/mol. The molecular weight excluding hydrogens is 621 g/mol. The number of aliphatic hydroxyl groups excluding tert-OH is 1. The van der Waals surface area contributed by atoms with Gasteiger partial charge in [0.2, 0.25) is 0 Å². The second-order valence-corrected chi connectivity index (χ2v) is 11.0. The zero-order valence-corrected chi connectivity index (χ0v) is 26.5. The molecule has 7 rings (SSSR count). The maximum atomic E-state index is 9.59. The number of aliphatic hydroxyl groups is 1. The van der Waals surface area contributed by atoms with Crippen LogP contribution in [0.3, 0.4) is 0 Å². The number of anilines is 2. The minimum absolute atomic E-state index is 0. The molecule has 232 valence electrons. The van der Waals surface area contributed by atoms with E-state index in [-0.39, 0.29) is 55.5 Å². The Morgan fingerprint density at radius 2 is 1.73 bits per heavy atom. The summed E-state index contributed by atoms with van der Waals surface area (Å²) in [6, 6.07) is 24.6. The lowest BCUT2D eigenvalue weighted by Gasteiger charge is -2.38. The van der Waals surface area contributed by atoms with Crippen molar-refractivity contribution in [1.82, 2.24) is 19.5 Å². The SMILES string of the molecule is Cl.Cl.Cl.Nc1ncccc1-c1nc2ccc(-c3cccc(N4CCO[C@H](CO)C4)c3)nc2n1-c1ccc(C2(N)CCC2)cc1. The van der Waals surface area contributed by atoms with Gasteiger partial charge in [0.05, 0.1) is 30.6 Å². The number of halogens is 3. The Balaban J connectivity index is 0.00000147. The second-order valence-electron chi connectivity index (χ2n) is 11.0. The first-order valence-corrected chi connectivity index (χ1v) is 14.1. The number of morpholine rings is 1. The predicted octanol–water partition coefficient (Wildman–Crippen LogP) is 5.53. The van der Waals surface area contributed by atoms with Crippen LogP contribution >= 0.6 is 37.2 Å². The van der Waals surface area contributed by atoms with Gasteiger partial charge >= 0.3 is 0 Å². The summed E-state index contributed by atoms with van der Waals surface area (Å²) in [6.45, 7) is 2.02. The number of ether oxygens (including phenoxy) is 1. The fourth-order valence-electron chi connectivity index (χ4n) is 5.86. The van der Waals surface area contributed by atoms with E-state index in [4.69, 9.17) is 26.2 Å². The molecule has 1 aliphatic carbocycles. The zero-order valence-electron chi connectivity index (χ0n) is 24.0. The van der Waals surface area contributed by atoms with Crippen LogP contribution < -0.4 is 16.4 Å². The summed E-state index contributed by atoms with van der Waals surface area (Å²) in [7, 11) is 0. The van der Waals surface area contributed by atoms with Crippen molar-refractivity contribution in [2.75, 3.05) is 36.9 Å². The van der Waals surface area contributed by atoms with E-state index in [0.29, 0.717) is 24.8 Å². The van der Waals surface area contributed by atoms with E-state index >= 15 is 0 Å². The summed E-state index contributed by atoms with van der Waals surface area (Å²) in [5.74, 6) is 1.10. The summed E-state index contributed by atoms with van der Waals surface area (Å²) in [6.07, 6.45) is 4.68. The van der Waals surface area contributed by atoms with Gasteiger partial charge in [-0.3, -0.25) is 4.57 Å². The van der Waals surface area contributed by atoms with Crippen LogP contribution in [0.15, 0.2) is 79.0 Å². The van der Waals surface area contributed by atoms with Crippen molar-refractivity contribution in [3.63, 3.8) is 0 Å². The summed E-state index contributed by atoms with van der Waals surface area (Å²) >= 11 is 0. The molecule has 1 saturated heterocycles. The molecule has 0 amide bonds. The normalized spacial score (nSPS) is 17.1. The van der Waals surface area contributed by atoms with Crippen LogP contribution in [0.5, 0.6) is 0 Å². The molecule has 4 heterocycles. The number of fused-ring (bicyclic) bond motifs is 1. The number of aromatic nitrogens is 4. The lowest BCUT2D eigenvalue weighted by Crippen LogP contribution is -2.44. The highest BCUT2D eigenvalue weighted by Crippen LogP contribution is 2.39. The van der Waals surface area contributed by atoms with Gasteiger partial charge in [-0.15, -0.1) is 37.2 Å². The van der Waals surface area contributed by atoms with Gasteiger partial charge in [0.1, 0.15) is 11.3 Å². The summed E-state index contributed by atoms with van der Waals surface area (Å²) in [5, 5.41) is 9.59. The van der Waals surface area contributed by atoms with Crippen LogP contribution in [-0.4, -0.2) is 57.0 Å². The summed E-state index contributed by atoms with van der Waals surface area (Å²) in [5.41, 5.74) is 19.9. The van der Waals surface area contributed by atoms with E-state index in [0.717, 1.165) is 70.7 Å². The first-order valence-electron chi connectivity index (χ1n) is 14.1. The standard InChI is InChI=1S/C32H33N7O2.3ClH/c33-29-26(6-2-15-35-29)30-37-28-12-11-27(21-4-1-5-24(18-21)38-16-17-41-25(19-38)20-40)36-31(28)39(30)23-9-7-22(8-10-23)32(34)13-3-14-32;;;/h1-2,4-12,15,18,25,40H,3,13-14,16-17,19-20,34H2,(H2,33,35);3*1H/t25-;;;/m0.../s1. The number of rotatable bonds is 6. The van der Waals surface area contributed by atoms with E-state index in [1.807, 2.05) is 30.3 Å². The molecule has 2 fully saturated rings. The Morgan fingerprint density at radius 1 is 0.932 bits per heavy atom. The third-order valence-electron chi connectivity index (χ3n) is 8.38. The number of hydrogen-bond donors (Lipinski definition) is 3. The van der Waals surface area contributed by atoms with Crippen LogP contribution in [0.4, 0.5) is 11.5 Å². The highest BCUT2D eigenvalue weighted by Gasteiger charge is 2.34. The van der Waals surface area contributed by atoms with Crippen molar-refractivity contribution in [1.29, 1.82) is 0 Å². The highest BCUT2D eigenvalue weighted by molar-refractivity contribution is 5.86. The minimum atomic E-state index is -0.236. The minimum Gasteiger partial charge on any atom is -0.394 e. The molecule has 0 unspecified atom stereocenters. The molecule has 1 atom stereocenters. The number of nitrogens with zero attached hydrogens (tertiary/aromatic N) is 5. The number of imidazole rings is 1. The number of nitrogen functional groups attached to an aromatic ring is 1. The van der Waals surface area contributed by atoms with E-state index in [2.05, 4.69) is 56.9 Å². The first kappa shape index (κ1) is 33.5.